The molecule has 2 aromatic rings. The molecule has 1 saturated carbocycles. The van der Waals surface area contributed by atoms with Gasteiger partial charge in [-0.25, -0.2) is 0 Å². The normalized spacial score (nSPS) is 23.9. The zero-order chi connectivity index (χ0) is 17.5. The molecule has 1 heterocycles. The van der Waals surface area contributed by atoms with Crippen LogP contribution >= 0.6 is 0 Å². The standard InChI is InChI=1S/C22H22N2O2/c25-22(19-14-21(26-23-19)16-7-2-1-3-8-16)24(17-11-12-17)20-13-10-15-6-4-5-9-18(15)20/h1-9,17,20-21H,10-14H2/t20-,21+/m1/s1. The van der Waals surface area contributed by atoms with Crippen LogP contribution in [0.1, 0.15) is 54.5 Å². The molecule has 5 rings (SSSR count). The first kappa shape index (κ1) is 15.6. The average molecular weight is 346 g/mol. The van der Waals surface area contributed by atoms with E-state index >= 15 is 0 Å². The molecule has 2 atom stereocenters. The van der Waals surface area contributed by atoms with Gasteiger partial charge in [0.05, 0.1) is 6.04 Å². The molecule has 132 valence electrons. The van der Waals surface area contributed by atoms with E-state index in [-0.39, 0.29) is 18.1 Å². The molecule has 0 unspecified atom stereocenters. The lowest BCUT2D eigenvalue weighted by Gasteiger charge is -2.29. The fraction of sp³-hybridized carbons (Fsp3) is 0.364. The maximum absolute atomic E-state index is 13.3. The summed E-state index contributed by atoms with van der Waals surface area (Å²) < 4.78 is 0. The summed E-state index contributed by atoms with van der Waals surface area (Å²) in [7, 11) is 0. The van der Waals surface area contributed by atoms with Gasteiger partial charge in [-0.2, -0.15) is 0 Å². The van der Waals surface area contributed by atoms with Crippen LogP contribution < -0.4 is 0 Å². The van der Waals surface area contributed by atoms with Gasteiger partial charge in [0.15, 0.2) is 6.10 Å². The van der Waals surface area contributed by atoms with Gasteiger partial charge >= 0.3 is 0 Å². The monoisotopic (exact) mass is 346 g/mol. The number of hydrogen-bond donors (Lipinski definition) is 0. The fourth-order valence-electron chi connectivity index (χ4n) is 4.24. The highest BCUT2D eigenvalue weighted by Crippen LogP contribution is 2.42. The van der Waals surface area contributed by atoms with E-state index in [1.165, 1.54) is 11.1 Å². The topological polar surface area (TPSA) is 41.9 Å². The molecule has 0 saturated heterocycles. The molecule has 4 heteroatoms. The van der Waals surface area contributed by atoms with Gasteiger partial charge in [0, 0.05) is 12.5 Å². The molecule has 0 spiro atoms. The van der Waals surface area contributed by atoms with E-state index in [1.54, 1.807) is 0 Å². The van der Waals surface area contributed by atoms with Gasteiger partial charge < -0.3 is 9.74 Å². The Morgan fingerprint density at radius 1 is 1.00 bits per heavy atom. The summed E-state index contributed by atoms with van der Waals surface area (Å²) in [5.41, 5.74) is 4.33. The van der Waals surface area contributed by atoms with E-state index in [2.05, 4.69) is 34.3 Å². The maximum Gasteiger partial charge on any atom is 0.272 e. The van der Waals surface area contributed by atoms with Crippen LogP contribution in [0.25, 0.3) is 0 Å². The zero-order valence-corrected chi connectivity index (χ0v) is 14.7. The third kappa shape index (κ3) is 2.70. The first-order valence-corrected chi connectivity index (χ1v) is 9.49. The summed E-state index contributed by atoms with van der Waals surface area (Å²) >= 11 is 0. The van der Waals surface area contributed by atoms with E-state index in [4.69, 9.17) is 4.84 Å². The zero-order valence-electron chi connectivity index (χ0n) is 14.7. The number of hydrogen-bond acceptors (Lipinski definition) is 3. The predicted octanol–water partition coefficient (Wildman–Crippen LogP) is 4.18. The summed E-state index contributed by atoms with van der Waals surface area (Å²) in [5.74, 6) is 0.0626. The van der Waals surface area contributed by atoms with Crippen LogP contribution in [-0.4, -0.2) is 22.6 Å². The van der Waals surface area contributed by atoms with Crippen LogP contribution in [0.5, 0.6) is 0 Å². The number of carbonyl (C=O) groups excluding carboxylic acids is 1. The van der Waals surface area contributed by atoms with Crippen molar-refractivity contribution in [3.05, 3.63) is 71.3 Å². The van der Waals surface area contributed by atoms with E-state index in [9.17, 15) is 4.79 Å². The van der Waals surface area contributed by atoms with Crippen LogP contribution in [0, 0.1) is 0 Å². The van der Waals surface area contributed by atoms with E-state index < -0.39 is 0 Å². The molecule has 1 aliphatic heterocycles. The second kappa shape index (κ2) is 6.27. The molecule has 4 nitrogen and oxygen atoms in total. The van der Waals surface area contributed by atoms with Gasteiger partial charge in [-0.05, 0) is 42.4 Å². The van der Waals surface area contributed by atoms with Crippen molar-refractivity contribution in [3.8, 4) is 0 Å². The minimum absolute atomic E-state index is 0.0626. The summed E-state index contributed by atoms with van der Waals surface area (Å²) in [6.07, 6.45) is 4.67. The van der Waals surface area contributed by atoms with Gasteiger partial charge in [0.1, 0.15) is 5.71 Å². The molecule has 26 heavy (non-hydrogen) atoms. The minimum Gasteiger partial charge on any atom is -0.387 e. The van der Waals surface area contributed by atoms with Crippen molar-refractivity contribution in [2.45, 2.75) is 50.3 Å². The van der Waals surface area contributed by atoms with Crippen LogP contribution in [0.4, 0.5) is 0 Å². The van der Waals surface area contributed by atoms with Gasteiger partial charge in [0.25, 0.3) is 5.91 Å². The number of aryl methyl sites for hydroxylation is 1. The molecule has 0 bridgehead atoms. The summed E-state index contributed by atoms with van der Waals surface area (Å²) in [5, 5.41) is 4.18. The van der Waals surface area contributed by atoms with E-state index in [0.29, 0.717) is 18.2 Å². The van der Waals surface area contributed by atoms with Crippen molar-refractivity contribution in [2.75, 3.05) is 0 Å². The molecule has 1 fully saturated rings. The average Bonchev–Trinajstić information content (AvgIpc) is 3.24. The third-order valence-electron chi connectivity index (χ3n) is 5.70. The van der Waals surface area contributed by atoms with Gasteiger partial charge in [-0.1, -0.05) is 59.8 Å². The van der Waals surface area contributed by atoms with E-state index in [1.807, 2.05) is 30.3 Å². The number of oxime groups is 1. The lowest BCUT2D eigenvalue weighted by Crippen LogP contribution is -2.40. The Labute approximate surface area is 153 Å². The van der Waals surface area contributed by atoms with Crippen molar-refractivity contribution in [1.82, 2.24) is 4.90 Å². The summed E-state index contributed by atoms with van der Waals surface area (Å²) in [4.78, 5) is 21.0. The Hall–Kier alpha value is -2.62. The molecule has 0 N–H and O–H groups in total. The predicted molar refractivity (Wildman–Crippen MR) is 99.7 cm³/mol. The second-order valence-corrected chi connectivity index (χ2v) is 7.44. The molecule has 0 aromatic heterocycles. The minimum atomic E-state index is -0.146. The molecule has 3 aliphatic rings. The molecule has 2 aliphatic carbocycles. The van der Waals surface area contributed by atoms with Crippen LogP contribution in [0.15, 0.2) is 59.8 Å². The van der Waals surface area contributed by atoms with Crippen molar-refractivity contribution in [2.24, 2.45) is 5.16 Å². The van der Waals surface area contributed by atoms with Crippen LogP contribution in [0.2, 0.25) is 0 Å². The summed E-state index contributed by atoms with van der Waals surface area (Å²) in [6, 6.07) is 19.1. The largest absolute Gasteiger partial charge is 0.387 e. The highest BCUT2D eigenvalue weighted by molar-refractivity contribution is 6.39. The molecule has 2 aromatic carbocycles. The number of carbonyl (C=O) groups is 1. The maximum atomic E-state index is 13.3. The highest BCUT2D eigenvalue weighted by atomic mass is 16.6. The third-order valence-corrected chi connectivity index (χ3v) is 5.70. The van der Waals surface area contributed by atoms with E-state index in [0.717, 1.165) is 31.2 Å². The van der Waals surface area contributed by atoms with Gasteiger partial charge in [-0.15, -0.1) is 0 Å². The van der Waals surface area contributed by atoms with Gasteiger partial charge in [0.2, 0.25) is 0 Å². The molecular formula is C22H22N2O2. The number of benzene rings is 2. The van der Waals surface area contributed by atoms with Crippen molar-refractivity contribution in [3.63, 3.8) is 0 Å². The number of rotatable bonds is 4. The van der Waals surface area contributed by atoms with Crippen molar-refractivity contribution < 1.29 is 9.63 Å². The van der Waals surface area contributed by atoms with Crippen LogP contribution in [0.3, 0.4) is 0 Å². The Morgan fingerprint density at radius 2 is 1.77 bits per heavy atom. The van der Waals surface area contributed by atoms with Crippen molar-refractivity contribution >= 4 is 11.6 Å². The van der Waals surface area contributed by atoms with Gasteiger partial charge in [-0.3, -0.25) is 4.79 Å². The number of fused-ring (bicyclic) bond motifs is 1. The Kier molecular flexibility index (Phi) is 3.77. The fourth-order valence-corrected chi connectivity index (χ4v) is 4.24. The molecular weight excluding hydrogens is 324 g/mol. The Bertz CT molecular complexity index is 857. The summed E-state index contributed by atoms with van der Waals surface area (Å²) in [6.45, 7) is 0. The highest BCUT2D eigenvalue weighted by Gasteiger charge is 2.43. The Balaban J connectivity index is 1.37. The lowest BCUT2D eigenvalue weighted by molar-refractivity contribution is -0.127. The molecule has 0 radical (unpaired) electrons. The quantitative estimate of drug-likeness (QED) is 0.833. The Morgan fingerprint density at radius 3 is 2.58 bits per heavy atom. The number of nitrogens with zero attached hydrogens (tertiary/aromatic N) is 2. The first-order valence-electron chi connectivity index (χ1n) is 9.49. The van der Waals surface area contributed by atoms with Crippen LogP contribution in [-0.2, 0) is 16.1 Å². The number of amides is 1. The first-order chi connectivity index (χ1) is 12.8. The van der Waals surface area contributed by atoms with Crippen molar-refractivity contribution in [1.29, 1.82) is 0 Å². The SMILES string of the molecule is O=C(C1=NO[C@H](c2ccccc2)C1)N(C1CC1)[C@@H]1CCc2ccccc21. The smallest absolute Gasteiger partial charge is 0.272 e. The lowest BCUT2D eigenvalue weighted by atomic mass is 10.0. The molecule has 1 amide bonds. The second-order valence-electron chi connectivity index (χ2n) is 7.44.